The maximum absolute atomic E-state index is 12.7. The first kappa shape index (κ1) is 16.4. The largest absolute Gasteiger partial charge is 0.490 e. The van der Waals surface area contributed by atoms with Gasteiger partial charge in [-0.05, 0) is 30.3 Å². The number of ketones is 1. The molecule has 1 aliphatic heterocycles. The summed E-state index contributed by atoms with van der Waals surface area (Å²) >= 11 is 0. The van der Waals surface area contributed by atoms with Gasteiger partial charge in [0.2, 0.25) is 11.7 Å². The first-order valence-corrected chi connectivity index (χ1v) is 7.43. The van der Waals surface area contributed by atoms with Gasteiger partial charge in [0.25, 0.3) is 0 Å². The molecule has 1 heterocycles. The molecule has 0 saturated carbocycles. The van der Waals surface area contributed by atoms with Gasteiger partial charge in [-0.2, -0.15) is 0 Å². The molecule has 2 aromatic rings. The molecule has 0 bridgehead atoms. The van der Waals surface area contributed by atoms with E-state index in [1.165, 1.54) is 37.1 Å². The van der Waals surface area contributed by atoms with Crippen LogP contribution in [0.2, 0.25) is 0 Å². The Kier molecular flexibility index (Phi) is 4.06. The van der Waals surface area contributed by atoms with Gasteiger partial charge in [0.15, 0.2) is 5.75 Å². The number of Topliss-reactive ketones (excluding diaryl/α,β-unsaturated/α-hetero) is 1. The predicted octanol–water partition coefficient (Wildman–Crippen LogP) is 3.19. The van der Waals surface area contributed by atoms with Gasteiger partial charge < -0.3 is 4.74 Å². The highest BCUT2D eigenvalue weighted by Gasteiger charge is 2.35. The normalized spacial score (nSPS) is 14.6. The van der Waals surface area contributed by atoms with Crippen molar-refractivity contribution in [3.05, 3.63) is 69.4 Å². The van der Waals surface area contributed by atoms with Crippen LogP contribution < -0.4 is 9.64 Å². The lowest BCUT2D eigenvalue weighted by molar-refractivity contribution is -0.386. The van der Waals surface area contributed by atoms with Crippen LogP contribution in [0.5, 0.6) is 5.75 Å². The summed E-state index contributed by atoms with van der Waals surface area (Å²) in [5.74, 6) is -0.630. The molecule has 3 rings (SSSR count). The molecule has 0 N–H and O–H groups in total. The summed E-state index contributed by atoms with van der Waals surface area (Å²) in [5.41, 5.74) is 0.855. The van der Waals surface area contributed by atoms with Crippen molar-refractivity contribution in [2.75, 3.05) is 12.0 Å². The lowest BCUT2D eigenvalue weighted by Crippen LogP contribution is -2.25. The highest BCUT2D eigenvalue weighted by Crippen LogP contribution is 2.38. The smallest absolute Gasteiger partial charge is 0.318 e. The Labute approximate surface area is 143 Å². The van der Waals surface area contributed by atoms with E-state index in [4.69, 9.17) is 4.74 Å². The molecule has 0 saturated heterocycles. The van der Waals surface area contributed by atoms with Gasteiger partial charge in [0.1, 0.15) is 0 Å². The SMILES string of the molecule is COc1cccc(/C=C2/C(=O)c3ccccc3N2C(C)=O)c1[N+](=O)[O-]. The summed E-state index contributed by atoms with van der Waals surface area (Å²) in [7, 11) is 1.33. The van der Waals surface area contributed by atoms with Crippen LogP contribution >= 0.6 is 0 Å². The maximum Gasteiger partial charge on any atom is 0.318 e. The Hall–Kier alpha value is -3.48. The van der Waals surface area contributed by atoms with Gasteiger partial charge >= 0.3 is 5.69 Å². The Morgan fingerprint density at radius 3 is 2.56 bits per heavy atom. The van der Waals surface area contributed by atoms with Gasteiger partial charge in [-0.1, -0.05) is 18.2 Å². The van der Waals surface area contributed by atoms with E-state index in [1.807, 2.05) is 0 Å². The van der Waals surface area contributed by atoms with Gasteiger partial charge in [-0.3, -0.25) is 24.6 Å². The van der Waals surface area contributed by atoms with Crippen molar-refractivity contribution in [3.63, 3.8) is 0 Å². The number of allylic oxidation sites excluding steroid dienone is 1. The van der Waals surface area contributed by atoms with Crippen LogP contribution in [0, 0.1) is 10.1 Å². The zero-order chi connectivity index (χ0) is 18.1. The highest BCUT2D eigenvalue weighted by molar-refractivity contribution is 6.26. The molecule has 0 atom stereocenters. The second-order valence-electron chi connectivity index (χ2n) is 5.39. The summed E-state index contributed by atoms with van der Waals surface area (Å²) in [5, 5.41) is 11.4. The molecule has 1 amide bonds. The van der Waals surface area contributed by atoms with E-state index < -0.39 is 4.92 Å². The second kappa shape index (κ2) is 6.20. The summed E-state index contributed by atoms with van der Waals surface area (Å²) in [6, 6.07) is 11.3. The summed E-state index contributed by atoms with van der Waals surface area (Å²) in [6.07, 6.45) is 1.35. The van der Waals surface area contributed by atoms with E-state index >= 15 is 0 Å². The molecular weight excluding hydrogens is 324 g/mol. The Morgan fingerprint density at radius 2 is 1.92 bits per heavy atom. The molecular formula is C18H14N2O5. The van der Waals surface area contributed by atoms with Crippen LogP contribution in [0.3, 0.4) is 0 Å². The van der Waals surface area contributed by atoms with Crippen LogP contribution in [0.25, 0.3) is 6.08 Å². The van der Waals surface area contributed by atoms with Crippen molar-refractivity contribution in [2.24, 2.45) is 0 Å². The number of amides is 1. The fourth-order valence-corrected chi connectivity index (χ4v) is 2.86. The average molecular weight is 338 g/mol. The minimum Gasteiger partial charge on any atom is -0.490 e. The number of rotatable bonds is 3. The van der Waals surface area contributed by atoms with E-state index in [0.29, 0.717) is 11.3 Å². The molecule has 0 spiro atoms. The van der Waals surface area contributed by atoms with Crippen LogP contribution in [0.4, 0.5) is 11.4 Å². The second-order valence-corrected chi connectivity index (χ2v) is 5.39. The number of methoxy groups -OCH3 is 1. The fraction of sp³-hybridized carbons (Fsp3) is 0.111. The van der Waals surface area contributed by atoms with Crippen molar-refractivity contribution in [1.82, 2.24) is 0 Å². The Bertz CT molecular complexity index is 933. The molecule has 7 heteroatoms. The molecule has 1 aliphatic rings. The number of nitro groups is 1. The van der Waals surface area contributed by atoms with Crippen molar-refractivity contribution < 1.29 is 19.2 Å². The number of hydrogen-bond acceptors (Lipinski definition) is 5. The first-order valence-electron chi connectivity index (χ1n) is 7.43. The van der Waals surface area contributed by atoms with E-state index in [2.05, 4.69) is 0 Å². The maximum atomic E-state index is 12.7. The number of carbonyl (C=O) groups is 2. The molecule has 25 heavy (non-hydrogen) atoms. The standard InChI is InChI=1S/C18H14N2O5/c1-11(21)19-14-8-4-3-7-13(14)18(22)15(19)10-12-6-5-9-16(25-2)17(12)20(23)24/h3-10H,1-2H3/b15-10-. The number of hydrogen-bond donors (Lipinski definition) is 0. The van der Waals surface area contributed by atoms with Crippen LogP contribution in [-0.2, 0) is 4.79 Å². The van der Waals surface area contributed by atoms with Crippen molar-refractivity contribution >= 4 is 29.1 Å². The molecule has 126 valence electrons. The van der Waals surface area contributed by atoms with E-state index in [-0.39, 0.29) is 34.4 Å². The quantitative estimate of drug-likeness (QED) is 0.487. The molecule has 2 aromatic carbocycles. The molecule has 0 aliphatic carbocycles. The van der Waals surface area contributed by atoms with Crippen LogP contribution in [0.1, 0.15) is 22.8 Å². The number of anilines is 1. The number of nitrogens with zero attached hydrogens (tertiary/aromatic N) is 2. The number of benzene rings is 2. The van der Waals surface area contributed by atoms with Crippen LogP contribution in [0.15, 0.2) is 48.2 Å². The number of fused-ring (bicyclic) bond motifs is 1. The molecule has 0 unspecified atom stereocenters. The third-order valence-electron chi connectivity index (χ3n) is 3.90. The van der Waals surface area contributed by atoms with E-state index in [1.54, 1.807) is 30.3 Å². The molecule has 0 aromatic heterocycles. The van der Waals surface area contributed by atoms with Gasteiger partial charge in [-0.25, -0.2) is 0 Å². The van der Waals surface area contributed by atoms with Crippen molar-refractivity contribution in [3.8, 4) is 5.75 Å². The summed E-state index contributed by atoms with van der Waals surface area (Å²) < 4.78 is 5.04. The lowest BCUT2D eigenvalue weighted by atomic mass is 10.1. The lowest BCUT2D eigenvalue weighted by Gasteiger charge is -2.16. The van der Waals surface area contributed by atoms with Gasteiger partial charge in [0.05, 0.1) is 29.0 Å². The van der Waals surface area contributed by atoms with E-state index in [9.17, 15) is 19.7 Å². The average Bonchev–Trinajstić information content (AvgIpc) is 2.87. The highest BCUT2D eigenvalue weighted by atomic mass is 16.6. The summed E-state index contributed by atoms with van der Waals surface area (Å²) in [4.78, 5) is 36.9. The zero-order valence-electron chi connectivity index (χ0n) is 13.6. The van der Waals surface area contributed by atoms with E-state index in [0.717, 1.165) is 0 Å². The molecule has 0 fully saturated rings. The topological polar surface area (TPSA) is 89.8 Å². The third-order valence-corrected chi connectivity index (χ3v) is 3.90. The Morgan fingerprint density at radius 1 is 1.20 bits per heavy atom. The third kappa shape index (κ3) is 2.65. The first-order chi connectivity index (χ1) is 12.0. The minimum atomic E-state index is -0.574. The minimum absolute atomic E-state index is 0.0741. The number of carbonyl (C=O) groups excluding carboxylic acids is 2. The number of para-hydroxylation sites is 2. The molecule has 7 nitrogen and oxygen atoms in total. The van der Waals surface area contributed by atoms with Crippen LogP contribution in [-0.4, -0.2) is 23.7 Å². The number of ether oxygens (including phenoxy) is 1. The fourth-order valence-electron chi connectivity index (χ4n) is 2.86. The summed E-state index contributed by atoms with van der Waals surface area (Å²) in [6.45, 7) is 1.34. The van der Waals surface area contributed by atoms with Crippen molar-refractivity contribution in [1.29, 1.82) is 0 Å². The Balaban J connectivity index is 2.21. The molecule has 0 radical (unpaired) electrons. The van der Waals surface area contributed by atoms with Gasteiger partial charge in [-0.15, -0.1) is 0 Å². The van der Waals surface area contributed by atoms with Gasteiger partial charge in [0, 0.05) is 12.5 Å². The van der Waals surface area contributed by atoms with Crippen molar-refractivity contribution in [2.45, 2.75) is 6.92 Å². The predicted molar refractivity (Wildman–Crippen MR) is 91.6 cm³/mol. The number of nitro benzene ring substituents is 1. The zero-order valence-corrected chi connectivity index (χ0v) is 13.6. The monoisotopic (exact) mass is 338 g/mol.